The molecule has 0 saturated carbocycles. The molecule has 138 valence electrons. The number of hydrogen-bond acceptors (Lipinski definition) is 4. The molecular weight excluding hydrogens is 330 g/mol. The minimum atomic E-state index is -0.315. The number of ether oxygens (including phenoxy) is 3. The normalized spacial score (nSPS) is 15.9. The molecule has 0 radical (unpaired) electrons. The Morgan fingerprint density at radius 3 is 2.35 bits per heavy atom. The Morgan fingerprint density at radius 1 is 1.08 bits per heavy atom. The molecular formula is C21H26NO4+. The van der Waals surface area contributed by atoms with E-state index in [0.29, 0.717) is 18.8 Å². The van der Waals surface area contributed by atoms with Crippen molar-refractivity contribution in [1.82, 2.24) is 0 Å². The van der Waals surface area contributed by atoms with Crippen LogP contribution in [-0.4, -0.2) is 32.8 Å². The number of carbonyl (C=O) groups excluding carboxylic acids is 1. The highest BCUT2D eigenvalue weighted by atomic mass is 16.5. The predicted octanol–water partition coefficient (Wildman–Crippen LogP) is 2.48. The summed E-state index contributed by atoms with van der Waals surface area (Å²) in [5, 5.41) is 2.32. The number of fused-ring (bicyclic) bond motifs is 1. The molecule has 2 N–H and O–H groups in total. The van der Waals surface area contributed by atoms with Crippen LogP contribution >= 0.6 is 0 Å². The first-order chi connectivity index (χ1) is 12.7. The Balaban J connectivity index is 1.97. The van der Waals surface area contributed by atoms with Crippen molar-refractivity contribution in [2.45, 2.75) is 26.3 Å². The summed E-state index contributed by atoms with van der Waals surface area (Å²) < 4.78 is 16.3. The maximum absolute atomic E-state index is 11.7. The maximum Gasteiger partial charge on any atom is 0.337 e. The van der Waals surface area contributed by atoms with Gasteiger partial charge in [-0.15, -0.1) is 0 Å². The zero-order chi connectivity index (χ0) is 18.5. The third kappa shape index (κ3) is 3.68. The molecule has 0 bridgehead atoms. The second-order valence-electron chi connectivity index (χ2n) is 6.23. The van der Waals surface area contributed by atoms with E-state index in [-0.39, 0.29) is 12.0 Å². The number of esters is 1. The lowest BCUT2D eigenvalue weighted by Crippen LogP contribution is -2.87. The summed E-state index contributed by atoms with van der Waals surface area (Å²) in [6.45, 7) is 6.18. The van der Waals surface area contributed by atoms with Gasteiger partial charge in [0, 0.05) is 17.5 Å². The minimum Gasteiger partial charge on any atom is -0.490 e. The standard InChI is InChI=1S/C21H25NO4/c1-4-25-18-12-16-10-11-22-20(17(16)13-19(18)26-5-2)14-6-8-15(9-7-14)21(23)24-3/h6-9,12-13,20,22H,4-5,10-11H2,1-3H3/p+1/t20-/m0/s1. The summed E-state index contributed by atoms with van der Waals surface area (Å²) in [6, 6.07) is 12.0. The van der Waals surface area contributed by atoms with E-state index in [9.17, 15) is 4.79 Å². The van der Waals surface area contributed by atoms with E-state index in [1.165, 1.54) is 18.2 Å². The molecule has 1 atom stereocenters. The summed E-state index contributed by atoms with van der Waals surface area (Å²) in [7, 11) is 1.40. The molecule has 3 rings (SSSR count). The van der Waals surface area contributed by atoms with Crippen molar-refractivity contribution in [3.63, 3.8) is 0 Å². The van der Waals surface area contributed by atoms with Crippen LogP contribution in [0.4, 0.5) is 0 Å². The summed E-state index contributed by atoms with van der Waals surface area (Å²) in [5.41, 5.74) is 4.26. The van der Waals surface area contributed by atoms with Gasteiger partial charge in [0.2, 0.25) is 0 Å². The topological polar surface area (TPSA) is 61.4 Å². The van der Waals surface area contributed by atoms with Crippen LogP contribution in [0.1, 0.15) is 46.9 Å². The summed E-state index contributed by atoms with van der Waals surface area (Å²) in [5.74, 6) is 1.29. The molecule has 0 unspecified atom stereocenters. The quantitative estimate of drug-likeness (QED) is 0.808. The molecule has 1 heterocycles. The third-order valence-corrected chi connectivity index (χ3v) is 4.65. The van der Waals surface area contributed by atoms with Crippen LogP contribution in [-0.2, 0) is 11.2 Å². The Morgan fingerprint density at radius 2 is 1.73 bits per heavy atom. The average Bonchev–Trinajstić information content (AvgIpc) is 2.68. The second kappa shape index (κ2) is 8.23. The molecule has 5 heteroatoms. The SMILES string of the molecule is CCOc1cc2c(cc1OCC)[C@H](c1ccc(C(=O)OC)cc1)[NH2+]CC2. The maximum atomic E-state index is 11.7. The van der Waals surface area contributed by atoms with Gasteiger partial charge in [0.1, 0.15) is 6.04 Å². The van der Waals surface area contributed by atoms with Crippen molar-refractivity contribution >= 4 is 5.97 Å². The van der Waals surface area contributed by atoms with Crippen LogP contribution in [0.3, 0.4) is 0 Å². The lowest BCUT2D eigenvalue weighted by Gasteiger charge is -2.26. The minimum absolute atomic E-state index is 0.181. The van der Waals surface area contributed by atoms with E-state index in [4.69, 9.17) is 14.2 Å². The molecule has 0 saturated heterocycles. The fourth-order valence-corrected chi connectivity index (χ4v) is 3.45. The third-order valence-electron chi connectivity index (χ3n) is 4.65. The number of benzene rings is 2. The number of carbonyl (C=O) groups is 1. The molecule has 0 spiro atoms. The summed E-state index contributed by atoms with van der Waals surface area (Å²) in [6.07, 6.45) is 0.999. The molecule has 2 aromatic rings. The van der Waals surface area contributed by atoms with Crippen molar-refractivity contribution in [3.8, 4) is 11.5 Å². The molecule has 1 aliphatic rings. The molecule has 26 heavy (non-hydrogen) atoms. The second-order valence-corrected chi connectivity index (χ2v) is 6.23. The van der Waals surface area contributed by atoms with Gasteiger partial charge in [0.05, 0.1) is 32.4 Å². The molecule has 0 amide bonds. The number of nitrogens with two attached hydrogens (primary N) is 1. The fraction of sp³-hybridized carbons (Fsp3) is 0.381. The van der Waals surface area contributed by atoms with E-state index in [0.717, 1.165) is 30.0 Å². The van der Waals surface area contributed by atoms with Gasteiger partial charge >= 0.3 is 5.97 Å². The molecule has 1 aliphatic heterocycles. The van der Waals surface area contributed by atoms with E-state index in [1.807, 2.05) is 38.1 Å². The largest absolute Gasteiger partial charge is 0.490 e. The lowest BCUT2D eigenvalue weighted by molar-refractivity contribution is -0.690. The summed E-state index contributed by atoms with van der Waals surface area (Å²) in [4.78, 5) is 11.7. The number of quaternary nitrogens is 1. The zero-order valence-electron chi connectivity index (χ0n) is 15.6. The summed E-state index contributed by atoms with van der Waals surface area (Å²) >= 11 is 0. The molecule has 5 nitrogen and oxygen atoms in total. The zero-order valence-corrected chi connectivity index (χ0v) is 15.6. The van der Waals surface area contributed by atoms with E-state index in [1.54, 1.807) is 0 Å². The molecule has 0 fully saturated rings. The van der Waals surface area contributed by atoms with E-state index < -0.39 is 0 Å². The monoisotopic (exact) mass is 356 g/mol. The van der Waals surface area contributed by atoms with Gasteiger partial charge in [0.15, 0.2) is 11.5 Å². The Kier molecular flexibility index (Phi) is 5.78. The number of hydrogen-bond donors (Lipinski definition) is 1. The van der Waals surface area contributed by atoms with Crippen molar-refractivity contribution in [2.24, 2.45) is 0 Å². The van der Waals surface area contributed by atoms with Gasteiger partial charge in [-0.3, -0.25) is 0 Å². The van der Waals surface area contributed by atoms with Gasteiger partial charge in [-0.25, -0.2) is 4.79 Å². The fourth-order valence-electron chi connectivity index (χ4n) is 3.45. The first-order valence-corrected chi connectivity index (χ1v) is 9.11. The Labute approximate surface area is 154 Å². The number of methoxy groups -OCH3 is 1. The van der Waals surface area contributed by atoms with Gasteiger partial charge in [-0.1, -0.05) is 12.1 Å². The Bertz CT molecular complexity index is 770. The van der Waals surface area contributed by atoms with Crippen LogP contribution in [0.2, 0.25) is 0 Å². The molecule has 2 aromatic carbocycles. The van der Waals surface area contributed by atoms with Crippen molar-refractivity contribution in [3.05, 3.63) is 58.7 Å². The van der Waals surface area contributed by atoms with Crippen LogP contribution in [0, 0.1) is 0 Å². The van der Waals surface area contributed by atoms with Crippen LogP contribution in [0.25, 0.3) is 0 Å². The van der Waals surface area contributed by atoms with Gasteiger partial charge < -0.3 is 19.5 Å². The van der Waals surface area contributed by atoms with Crippen molar-refractivity contribution in [1.29, 1.82) is 0 Å². The first kappa shape index (κ1) is 18.3. The van der Waals surface area contributed by atoms with Crippen molar-refractivity contribution in [2.75, 3.05) is 26.9 Å². The molecule has 0 aromatic heterocycles. The predicted molar refractivity (Wildman–Crippen MR) is 98.9 cm³/mol. The smallest absolute Gasteiger partial charge is 0.337 e. The van der Waals surface area contributed by atoms with E-state index >= 15 is 0 Å². The van der Waals surface area contributed by atoms with Gasteiger partial charge in [-0.2, -0.15) is 0 Å². The lowest BCUT2D eigenvalue weighted by atomic mass is 9.89. The van der Waals surface area contributed by atoms with Gasteiger partial charge in [0.25, 0.3) is 0 Å². The first-order valence-electron chi connectivity index (χ1n) is 9.11. The van der Waals surface area contributed by atoms with Gasteiger partial charge in [-0.05, 0) is 43.7 Å². The number of rotatable bonds is 6. The van der Waals surface area contributed by atoms with E-state index in [2.05, 4.69) is 17.4 Å². The van der Waals surface area contributed by atoms with Crippen molar-refractivity contribution < 1.29 is 24.3 Å². The van der Waals surface area contributed by atoms with Crippen LogP contribution < -0.4 is 14.8 Å². The highest BCUT2D eigenvalue weighted by Crippen LogP contribution is 2.36. The highest BCUT2D eigenvalue weighted by molar-refractivity contribution is 5.89. The highest BCUT2D eigenvalue weighted by Gasteiger charge is 2.27. The van der Waals surface area contributed by atoms with Crippen LogP contribution in [0.15, 0.2) is 36.4 Å². The molecule has 0 aliphatic carbocycles. The Hall–Kier alpha value is -2.53. The van der Waals surface area contributed by atoms with Crippen LogP contribution in [0.5, 0.6) is 11.5 Å². The average molecular weight is 356 g/mol.